The van der Waals surface area contributed by atoms with Crippen molar-refractivity contribution in [3.05, 3.63) is 47.3 Å². The molecule has 3 heterocycles. The molecule has 2 aliphatic rings. The van der Waals surface area contributed by atoms with Crippen LogP contribution < -0.4 is 4.90 Å². The molecule has 6 nitrogen and oxygen atoms in total. The van der Waals surface area contributed by atoms with E-state index in [4.69, 9.17) is 4.74 Å². The van der Waals surface area contributed by atoms with E-state index >= 15 is 0 Å². The van der Waals surface area contributed by atoms with Crippen molar-refractivity contribution in [2.24, 2.45) is 5.92 Å². The van der Waals surface area contributed by atoms with Gasteiger partial charge in [0.15, 0.2) is 5.60 Å². The number of piperazine rings is 1. The summed E-state index contributed by atoms with van der Waals surface area (Å²) in [6, 6.07) is 8.94. The van der Waals surface area contributed by atoms with Gasteiger partial charge in [0.1, 0.15) is 4.21 Å². The van der Waals surface area contributed by atoms with Gasteiger partial charge in [-0.15, -0.1) is 11.3 Å². The number of rotatable bonds is 6. The van der Waals surface area contributed by atoms with E-state index in [0.29, 0.717) is 42.1 Å². The quantitative estimate of drug-likeness (QED) is 0.621. The lowest BCUT2D eigenvalue weighted by Gasteiger charge is -2.44. The van der Waals surface area contributed by atoms with Crippen LogP contribution in [0, 0.1) is 5.92 Å². The zero-order chi connectivity index (χ0) is 24.6. The van der Waals surface area contributed by atoms with Crippen molar-refractivity contribution in [2.45, 2.75) is 48.2 Å². The molecule has 1 N–H and O–H groups in total. The van der Waals surface area contributed by atoms with Gasteiger partial charge in [0.25, 0.3) is 10.0 Å². The van der Waals surface area contributed by atoms with E-state index in [1.165, 1.54) is 27.8 Å². The number of benzene rings is 1. The SMILES string of the molecule is CC(O)(c1ccc(N2CCN(S(=O)(=O)c3cccs3)C[C@H]2CC2CCOCC2)cc1)C(F)(F)F. The molecule has 2 fully saturated rings. The number of hydrogen-bond acceptors (Lipinski definition) is 6. The van der Waals surface area contributed by atoms with E-state index in [-0.39, 0.29) is 18.2 Å². The topological polar surface area (TPSA) is 70.1 Å². The van der Waals surface area contributed by atoms with Crippen molar-refractivity contribution in [1.82, 2.24) is 4.31 Å². The number of halogens is 3. The molecule has 0 amide bonds. The maximum Gasteiger partial charge on any atom is 0.421 e. The highest BCUT2D eigenvalue weighted by Crippen LogP contribution is 2.39. The van der Waals surface area contributed by atoms with Gasteiger partial charge in [-0.25, -0.2) is 8.42 Å². The smallest absolute Gasteiger partial charge is 0.381 e. The predicted octanol–water partition coefficient (Wildman–Crippen LogP) is 4.21. The fraction of sp³-hybridized carbons (Fsp3) is 0.565. The fourth-order valence-electron chi connectivity index (χ4n) is 4.63. The van der Waals surface area contributed by atoms with Gasteiger partial charge < -0.3 is 14.7 Å². The Hall–Kier alpha value is -1.66. The van der Waals surface area contributed by atoms with Gasteiger partial charge in [-0.2, -0.15) is 17.5 Å². The van der Waals surface area contributed by atoms with E-state index in [2.05, 4.69) is 4.90 Å². The second-order valence-electron chi connectivity index (χ2n) is 9.05. The summed E-state index contributed by atoms with van der Waals surface area (Å²) in [7, 11) is -3.60. The Labute approximate surface area is 202 Å². The molecule has 0 bridgehead atoms. The molecule has 11 heteroatoms. The first-order chi connectivity index (χ1) is 16.0. The number of hydrogen-bond donors (Lipinski definition) is 1. The molecule has 1 aromatic carbocycles. The molecular weight excluding hydrogens is 489 g/mol. The van der Waals surface area contributed by atoms with Crippen molar-refractivity contribution in [2.75, 3.05) is 37.7 Å². The first-order valence-corrected chi connectivity index (χ1v) is 13.6. The van der Waals surface area contributed by atoms with Gasteiger partial charge in [0, 0.05) is 44.6 Å². The van der Waals surface area contributed by atoms with Crippen molar-refractivity contribution in [3.8, 4) is 0 Å². The van der Waals surface area contributed by atoms with Crippen LogP contribution in [-0.4, -0.2) is 62.9 Å². The second kappa shape index (κ2) is 9.77. The van der Waals surface area contributed by atoms with E-state index in [1.54, 1.807) is 29.6 Å². The number of ether oxygens (including phenoxy) is 1. The minimum absolute atomic E-state index is 0.124. The highest BCUT2D eigenvalue weighted by molar-refractivity contribution is 7.91. The van der Waals surface area contributed by atoms with E-state index in [9.17, 15) is 26.7 Å². The van der Waals surface area contributed by atoms with Crippen molar-refractivity contribution >= 4 is 27.0 Å². The average Bonchev–Trinajstić information content (AvgIpc) is 3.35. The summed E-state index contributed by atoms with van der Waals surface area (Å²) in [5.74, 6) is 0.385. The van der Waals surface area contributed by atoms with Gasteiger partial charge in [-0.05, 0) is 61.2 Å². The molecule has 34 heavy (non-hydrogen) atoms. The predicted molar refractivity (Wildman–Crippen MR) is 124 cm³/mol. The van der Waals surface area contributed by atoms with Crippen LogP contribution in [0.5, 0.6) is 0 Å². The first-order valence-electron chi connectivity index (χ1n) is 11.3. The minimum atomic E-state index is -4.79. The highest BCUT2D eigenvalue weighted by atomic mass is 32.2. The summed E-state index contributed by atoms with van der Waals surface area (Å²) >= 11 is 1.19. The summed E-state index contributed by atoms with van der Waals surface area (Å²) in [4.78, 5) is 2.09. The minimum Gasteiger partial charge on any atom is -0.381 e. The monoisotopic (exact) mass is 518 g/mol. The Morgan fingerprint density at radius 3 is 2.38 bits per heavy atom. The van der Waals surface area contributed by atoms with Crippen molar-refractivity contribution in [3.63, 3.8) is 0 Å². The van der Waals surface area contributed by atoms with Crippen LogP contribution in [-0.2, 0) is 20.4 Å². The molecule has 0 aliphatic carbocycles. The van der Waals surface area contributed by atoms with Gasteiger partial charge in [0.2, 0.25) is 0 Å². The molecule has 2 aromatic rings. The van der Waals surface area contributed by atoms with Crippen LogP contribution in [0.15, 0.2) is 46.0 Å². The summed E-state index contributed by atoms with van der Waals surface area (Å²) in [6.07, 6.45) is -2.23. The molecule has 2 saturated heterocycles. The third-order valence-corrected chi connectivity index (χ3v) is 10.0. The van der Waals surface area contributed by atoms with Crippen LogP contribution in [0.2, 0.25) is 0 Å². The summed E-state index contributed by atoms with van der Waals surface area (Å²) < 4.78 is 73.3. The Balaban J connectivity index is 1.58. The van der Waals surface area contributed by atoms with E-state index in [0.717, 1.165) is 26.2 Å². The highest BCUT2D eigenvalue weighted by Gasteiger charge is 2.51. The number of thiophene rings is 1. The summed E-state index contributed by atoms with van der Waals surface area (Å²) in [5.41, 5.74) is -2.46. The lowest BCUT2D eigenvalue weighted by Crippen LogP contribution is -2.55. The third kappa shape index (κ3) is 5.13. The number of alkyl halides is 3. The van der Waals surface area contributed by atoms with E-state index < -0.39 is 21.8 Å². The molecule has 2 aliphatic heterocycles. The maximum absolute atomic E-state index is 13.2. The standard InChI is InChI=1S/C23H29F3N2O4S2/c1-22(29,23(24,25)26)18-4-6-19(7-5-18)28-11-10-27(34(30,31)21-3-2-14-33-21)16-20(28)15-17-8-12-32-13-9-17/h2-7,14,17,20,29H,8-13,15-16H2,1H3/t20-,22?/m1/s1. The molecule has 2 atom stereocenters. The fourth-order valence-corrected chi connectivity index (χ4v) is 7.25. The van der Waals surface area contributed by atoms with Gasteiger partial charge >= 0.3 is 6.18 Å². The molecule has 0 spiro atoms. The normalized spacial score (nSPS) is 23.1. The molecule has 0 saturated carbocycles. The summed E-state index contributed by atoms with van der Waals surface area (Å²) in [5, 5.41) is 11.7. The van der Waals surface area contributed by atoms with Crippen LogP contribution in [0.4, 0.5) is 18.9 Å². The lowest BCUT2D eigenvalue weighted by atomic mass is 9.90. The third-order valence-electron chi connectivity index (χ3n) is 6.79. The van der Waals surface area contributed by atoms with Crippen LogP contribution in [0.25, 0.3) is 0 Å². The molecule has 0 radical (unpaired) electrons. The van der Waals surface area contributed by atoms with Crippen molar-refractivity contribution in [1.29, 1.82) is 0 Å². The Morgan fingerprint density at radius 1 is 1.12 bits per heavy atom. The Bertz CT molecular complexity index is 1050. The average molecular weight is 519 g/mol. The Morgan fingerprint density at radius 2 is 1.79 bits per heavy atom. The van der Waals surface area contributed by atoms with Gasteiger partial charge in [-0.3, -0.25) is 0 Å². The second-order valence-corrected chi connectivity index (χ2v) is 12.2. The lowest BCUT2D eigenvalue weighted by molar-refractivity contribution is -0.258. The maximum atomic E-state index is 13.2. The van der Waals surface area contributed by atoms with Crippen LogP contribution in [0.1, 0.15) is 31.7 Å². The van der Waals surface area contributed by atoms with Gasteiger partial charge in [0.05, 0.1) is 0 Å². The molecule has 1 unspecified atom stereocenters. The number of sulfonamides is 1. The van der Waals surface area contributed by atoms with Crippen LogP contribution in [0.3, 0.4) is 0 Å². The van der Waals surface area contributed by atoms with Crippen LogP contribution >= 0.6 is 11.3 Å². The zero-order valence-electron chi connectivity index (χ0n) is 18.9. The van der Waals surface area contributed by atoms with E-state index in [1.807, 2.05) is 0 Å². The molecular formula is C23H29F3N2O4S2. The molecule has 1 aromatic heterocycles. The molecule has 188 valence electrons. The largest absolute Gasteiger partial charge is 0.421 e. The zero-order valence-corrected chi connectivity index (χ0v) is 20.5. The number of nitrogens with zero attached hydrogens (tertiary/aromatic N) is 2. The Kier molecular flexibility index (Phi) is 7.31. The number of aliphatic hydroxyl groups is 1. The summed E-state index contributed by atoms with van der Waals surface area (Å²) in [6.45, 7) is 3.11. The number of anilines is 1. The van der Waals surface area contributed by atoms with Gasteiger partial charge in [-0.1, -0.05) is 18.2 Å². The van der Waals surface area contributed by atoms with Crippen molar-refractivity contribution < 1.29 is 31.4 Å². The first kappa shape index (κ1) is 25.4. The molecule has 4 rings (SSSR count).